The van der Waals surface area contributed by atoms with Crippen molar-refractivity contribution in [1.29, 1.82) is 0 Å². The summed E-state index contributed by atoms with van der Waals surface area (Å²) in [6.07, 6.45) is 1.62. The minimum Gasteiger partial charge on any atom is -0.492 e. The Morgan fingerprint density at radius 3 is 2.52 bits per heavy atom. The highest BCUT2D eigenvalue weighted by Crippen LogP contribution is 2.50. The predicted octanol–water partition coefficient (Wildman–Crippen LogP) is 0.330. The third-order valence-electron chi connectivity index (χ3n) is 5.34. The molecule has 1 saturated heterocycles. The van der Waals surface area contributed by atoms with Gasteiger partial charge in [-0.15, -0.1) is 0 Å². The van der Waals surface area contributed by atoms with E-state index < -0.39 is 5.69 Å². The molecule has 2 fully saturated rings. The molecule has 7 heteroatoms. The summed E-state index contributed by atoms with van der Waals surface area (Å²) in [5, 5.41) is 0. The first kappa shape index (κ1) is 16.1. The summed E-state index contributed by atoms with van der Waals surface area (Å²) in [4.78, 5) is 18.0. The van der Waals surface area contributed by atoms with Crippen LogP contribution in [-0.2, 0) is 0 Å². The summed E-state index contributed by atoms with van der Waals surface area (Å²) in [7, 11) is 0. The maximum Gasteiger partial charge on any atom is 0.354 e. The molecule has 1 aliphatic heterocycles. The van der Waals surface area contributed by atoms with Crippen molar-refractivity contribution in [1.82, 2.24) is 14.5 Å². The standard InChI is InChI=1S/C18H23N5O2/c19-9-14-15-10-22(11-16(14)15)7-8-25-13-3-1-12(2-4-13)23-6-5-17(20)21-18(23)24/h1-6,14-16H,7-11,19H2,(H2,20,21,24)/t14?,15-,16+. The van der Waals surface area contributed by atoms with Crippen LogP contribution in [0.5, 0.6) is 5.75 Å². The number of ether oxygens (including phenoxy) is 1. The van der Waals surface area contributed by atoms with Crippen LogP contribution in [0.4, 0.5) is 5.82 Å². The number of hydrogen-bond acceptors (Lipinski definition) is 6. The molecule has 1 saturated carbocycles. The Morgan fingerprint density at radius 1 is 1.16 bits per heavy atom. The van der Waals surface area contributed by atoms with Gasteiger partial charge in [-0.2, -0.15) is 4.98 Å². The van der Waals surface area contributed by atoms with Gasteiger partial charge in [-0.05, 0) is 54.6 Å². The molecular weight excluding hydrogens is 318 g/mol. The zero-order valence-electron chi connectivity index (χ0n) is 14.0. The second-order valence-electron chi connectivity index (χ2n) is 6.83. The van der Waals surface area contributed by atoms with Crippen molar-refractivity contribution in [3.8, 4) is 11.4 Å². The Labute approximate surface area is 146 Å². The summed E-state index contributed by atoms with van der Waals surface area (Å²) in [6.45, 7) is 4.74. The molecule has 0 spiro atoms. The Bertz CT molecular complexity index is 792. The number of nitrogens with zero attached hydrogens (tertiary/aromatic N) is 3. The van der Waals surface area contributed by atoms with Gasteiger partial charge in [0.25, 0.3) is 0 Å². The van der Waals surface area contributed by atoms with E-state index >= 15 is 0 Å². The zero-order valence-corrected chi connectivity index (χ0v) is 14.0. The molecule has 1 aromatic carbocycles. The molecule has 7 nitrogen and oxygen atoms in total. The highest BCUT2D eigenvalue weighted by Gasteiger charge is 2.54. The second kappa shape index (κ2) is 6.50. The first-order chi connectivity index (χ1) is 12.2. The third kappa shape index (κ3) is 3.25. The molecule has 2 heterocycles. The van der Waals surface area contributed by atoms with Crippen LogP contribution in [0.15, 0.2) is 41.3 Å². The van der Waals surface area contributed by atoms with Crippen molar-refractivity contribution in [3.05, 3.63) is 47.0 Å². The Morgan fingerprint density at radius 2 is 1.88 bits per heavy atom. The zero-order chi connectivity index (χ0) is 17.4. The topological polar surface area (TPSA) is 99.4 Å². The van der Waals surface area contributed by atoms with Crippen molar-refractivity contribution in [2.24, 2.45) is 23.5 Å². The monoisotopic (exact) mass is 341 g/mol. The number of nitrogen functional groups attached to an aromatic ring is 1. The van der Waals surface area contributed by atoms with E-state index in [1.54, 1.807) is 12.3 Å². The fourth-order valence-electron chi connectivity index (χ4n) is 3.88. The number of nitrogens with two attached hydrogens (primary N) is 2. The lowest BCUT2D eigenvalue weighted by Gasteiger charge is -2.19. The lowest BCUT2D eigenvalue weighted by Crippen LogP contribution is -2.30. The van der Waals surface area contributed by atoms with Gasteiger partial charge in [0.15, 0.2) is 0 Å². The normalized spacial score (nSPS) is 24.9. The van der Waals surface area contributed by atoms with Crippen molar-refractivity contribution >= 4 is 5.82 Å². The van der Waals surface area contributed by atoms with Gasteiger partial charge >= 0.3 is 5.69 Å². The molecule has 4 N–H and O–H groups in total. The molecule has 2 aromatic rings. The van der Waals surface area contributed by atoms with Gasteiger partial charge in [-0.3, -0.25) is 9.47 Å². The maximum atomic E-state index is 11.8. The Balaban J connectivity index is 1.29. The van der Waals surface area contributed by atoms with Gasteiger partial charge in [0.1, 0.15) is 18.2 Å². The molecule has 1 unspecified atom stereocenters. The minimum atomic E-state index is -0.392. The predicted molar refractivity (Wildman–Crippen MR) is 95.7 cm³/mol. The van der Waals surface area contributed by atoms with E-state index in [-0.39, 0.29) is 5.82 Å². The van der Waals surface area contributed by atoms with Gasteiger partial charge in [0, 0.05) is 25.8 Å². The van der Waals surface area contributed by atoms with Crippen LogP contribution in [0.2, 0.25) is 0 Å². The lowest BCUT2D eigenvalue weighted by molar-refractivity contribution is 0.216. The Kier molecular flexibility index (Phi) is 4.19. The number of rotatable bonds is 6. The van der Waals surface area contributed by atoms with E-state index in [1.165, 1.54) is 4.57 Å². The molecule has 0 radical (unpaired) electrons. The van der Waals surface area contributed by atoms with Crippen LogP contribution in [0.25, 0.3) is 5.69 Å². The number of hydrogen-bond donors (Lipinski definition) is 2. The first-order valence-electron chi connectivity index (χ1n) is 8.66. The number of fused-ring (bicyclic) bond motifs is 1. The van der Waals surface area contributed by atoms with E-state index in [9.17, 15) is 4.79 Å². The van der Waals surface area contributed by atoms with Crippen LogP contribution < -0.4 is 21.9 Å². The molecule has 0 amide bonds. The quantitative estimate of drug-likeness (QED) is 0.785. The van der Waals surface area contributed by atoms with Gasteiger partial charge in [-0.1, -0.05) is 0 Å². The first-order valence-corrected chi connectivity index (χ1v) is 8.66. The maximum absolute atomic E-state index is 11.8. The van der Waals surface area contributed by atoms with Crippen molar-refractivity contribution in [2.75, 3.05) is 38.5 Å². The van der Waals surface area contributed by atoms with Crippen LogP contribution in [0.1, 0.15) is 0 Å². The molecule has 1 aliphatic carbocycles. The van der Waals surface area contributed by atoms with Crippen molar-refractivity contribution in [3.63, 3.8) is 0 Å². The van der Waals surface area contributed by atoms with Gasteiger partial charge in [0.05, 0.1) is 5.69 Å². The van der Waals surface area contributed by atoms with E-state index in [0.717, 1.165) is 55.4 Å². The minimum absolute atomic E-state index is 0.221. The van der Waals surface area contributed by atoms with E-state index in [2.05, 4.69) is 9.88 Å². The molecule has 0 bridgehead atoms. The summed E-state index contributed by atoms with van der Waals surface area (Å²) in [6, 6.07) is 9.01. The van der Waals surface area contributed by atoms with Crippen molar-refractivity contribution < 1.29 is 4.74 Å². The van der Waals surface area contributed by atoms with Gasteiger partial charge in [0.2, 0.25) is 0 Å². The number of likely N-dealkylation sites (tertiary alicyclic amines) is 1. The van der Waals surface area contributed by atoms with Gasteiger partial charge < -0.3 is 16.2 Å². The van der Waals surface area contributed by atoms with E-state index in [1.807, 2.05) is 24.3 Å². The summed E-state index contributed by atoms with van der Waals surface area (Å²) in [5.74, 6) is 3.41. The van der Waals surface area contributed by atoms with Crippen LogP contribution >= 0.6 is 0 Å². The molecule has 25 heavy (non-hydrogen) atoms. The summed E-state index contributed by atoms with van der Waals surface area (Å²) in [5.41, 5.74) is 11.6. The fourth-order valence-corrected chi connectivity index (χ4v) is 3.88. The Hall–Kier alpha value is -2.38. The van der Waals surface area contributed by atoms with Crippen LogP contribution in [0.3, 0.4) is 0 Å². The third-order valence-corrected chi connectivity index (χ3v) is 5.34. The highest BCUT2D eigenvalue weighted by molar-refractivity contribution is 5.38. The van der Waals surface area contributed by atoms with Crippen LogP contribution in [-0.4, -0.2) is 47.2 Å². The average molecular weight is 341 g/mol. The summed E-state index contributed by atoms with van der Waals surface area (Å²) >= 11 is 0. The smallest absolute Gasteiger partial charge is 0.354 e. The SMILES string of the molecule is NCC1[C@H]2CN(CCOc3ccc(-n4ccc(N)nc4=O)cc3)C[C@@H]12. The second-order valence-corrected chi connectivity index (χ2v) is 6.83. The highest BCUT2D eigenvalue weighted by atomic mass is 16.5. The summed E-state index contributed by atoms with van der Waals surface area (Å²) < 4.78 is 7.27. The molecule has 2 aliphatic rings. The molecule has 1 aromatic heterocycles. The largest absolute Gasteiger partial charge is 0.492 e. The van der Waals surface area contributed by atoms with Crippen molar-refractivity contribution in [2.45, 2.75) is 0 Å². The number of aromatic nitrogens is 2. The average Bonchev–Trinajstić information content (AvgIpc) is 3.08. The molecular formula is C18H23N5O2. The van der Waals surface area contributed by atoms with E-state index in [0.29, 0.717) is 6.61 Å². The molecule has 3 atom stereocenters. The molecule has 132 valence electrons. The van der Waals surface area contributed by atoms with E-state index in [4.69, 9.17) is 16.2 Å². The number of anilines is 1. The van der Waals surface area contributed by atoms with Crippen LogP contribution in [0, 0.1) is 17.8 Å². The number of benzene rings is 1. The van der Waals surface area contributed by atoms with Gasteiger partial charge in [-0.25, -0.2) is 4.79 Å². The fraction of sp³-hybridized carbons (Fsp3) is 0.444. The lowest BCUT2D eigenvalue weighted by atomic mass is 10.2. The number of piperidine rings is 1. The molecule has 4 rings (SSSR count).